The number of benzene rings is 3. The maximum absolute atomic E-state index is 13.4. The summed E-state index contributed by atoms with van der Waals surface area (Å²) in [6, 6.07) is 26.5. The molecule has 0 unspecified atom stereocenters. The number of hydrogen-bond acceptors (Lipinski definition) is 2. The van der Waals surface area contributed by atoms with Crippen LogP contribution in [0.4, 0.5) is 0 Å². The lowest BCUT2D eigenvalue weighted by Crippen LogP contribution is -2.39. The van der Waals surface area contributed by atoms with Crippen molar-refractivity contribution >= 4 is 5.91 Å². The molecule has 0 heterocycles. The van der Waals surface area contributed by atoms with Crippen molar-refractivity contribution in [2.75, 3.05) is 0 Å². The number of hydrogen-bond donors (Lipinski definition) is 0. The van der Waals surface area contributed by atoms with Crippen LogP contribution < -0.4 is 4.74 Å². The van der Waals surface area contributed by atoms with Gasteiger partial charge in [-0.15, -0.1) is 0 Å². The van der Waals surface area contributed by atoms with E-state index in [-0.39, 0.29) is 5.91 Å². The van der Waals surface area contributed by atoms with E-state index in [0.29, 0.717) is 13.1 Å². The van der Waals surface area contributed by atoms with Gasteiger partial charge in [-0.05, 0) is 60.9 Å². The maximum Gasteiger partial charge on any atom is 0.263 e. The number of amides is 1. The van der Waals surface area contributed by atoms with Crippen molar-refractivity contribution in [1.29, 1.82) is 0 Å². The predicted octanol–water partition coefficient (Wildman–Crippen LogP) is 5.56. The van der Waals surface area contributed by atoms with Crippen LogP contribution in [0.2, 0.25) is 0 Å². The fourth-order valence-electron chi connectivity index (χ4n) is 4.17. The summed E-state index contributed by atoms with van der Waals surface area (Å²) in [5, 5.41) is 0. The Morgan fingerprint density at radius 1 is 0.833 bits per heavy atom. The largest absolute Gasteiger partial charge is 0.481 e. The van der Waals surface area contributed by atoms with Crippen molar-refractivity contribution in [3.8, 4) is 5.75 Å². The molecule has 1 aliphatic carbocycles. The summed E-state index contributed by atoms with van der Waals surface area (Å²) in [7, 11) is 0. The van der Waals surface area contributed by atoms with Crippen molar-refractivity contribution in [2.24, 2.45) is 0 Å². The van der Waals surface area contributed by atoms with Crippen LogP contribution in [-0.2, 0) is 30.7 Å². The number of fused-ring (bicyclic) bond motifs is 1. The van der Waals surface area contributed by atoms with Crippen molar-refractivity contribution in [2.45, 2.75) is 51.8 Å². The van der Waals surface area contributed by atoms with Gasteiger partial charge < -0.3 is 9.64 Å². The first kappa shape index (κ1) is 20.2. The van der Waals surface area contributed by atoms with Gasteiger partial charge in [0.2, 0.25) is 0 Å². The van der Waals surface area contributed by atoms with E-state index in [4.69, 9.17) is 4.74 Å². The Morgan fingerprint density at radius 2 is 1.43 bits per heavy atom. The molecule has 1 atom stereocenters. The van der Waals surface area contributed by atoms with Gasteiger partial charge in [0, 0.05) is 13.1 Å². The predicted molar refractivity (Wildman–Crippen MR) is 120 cm³/mol. The average molecular weight is 400 g/mol. The Hall–Kier alpha value is -3.07. The van der Waals surface area contributed by atoms with E-state index in [1.807, 2.05) is 60.4 Å². The van der Waals surface area contributed by atoms with Gasteiger partial charge in [0.05, 0.1) is 0 Å². The Bertz CT molecular complexity index is 927. The van der Waals surface area contributed by atoms with Gasteiger partial charge in [-0.3, -0.25) is 4.79 Å². The third-order valence-corrected chi connectivity index (χ3v) is 5.75. The zero-order chi connectivity index (χ0) is 20.8. The van der Waals surface area contributed by atoms with Gasteiger partial charge in [-0.1, -0.05) is 72.8 Å². The Labute approximate surface area is 179 Å². The molecule has 0 radical (unpaired) electrons. The molecule has 1 amide bonds. The van der Waals surface area contributed by atoms with Gasteiger partial charge in [0.25, 0.3) is 5.91 Å². The van der Waals surface area contributed by atoms with Crippen molar-refractivity contribution in [3.63, 3.8) is 0 Å². The quantitative estimate of drug-likeness (QED) is 0.520. The van der Waals surface area contributed by atoms with Crippen molar-refractivity contribution in [3.05, 3.63) is 101 Å². The van der Waals surface area contributed by atoms with Gasteiger partial charge in [-0.2, -0.15) is 0 Å². The van der Waals surface area contributed by atoms with Crippen LogP contribution in [0, 0.1) is 0 Å². The summed E-state index contributed by atoms with van der Waals surface area (Å²) in [4.78, 5) is 15.3. The molecule has 4 rings (SSSR count). The normalized spacial score (nSPS) is 13.9. The number of rotatable bonds is 7. The van der Waals surface area contributed by atoms with E-state index in [1.165, 1.54) is 24.0 Å². The molecule has 3 heteroatoms. The standard InChI is InChI=1S/C27H29NO2/c1-21(30-26-18-10-16-24-15-8-9-17-25(24)26)27(29)28(19-22-11-4-2-5-12-22)20-23-13-6-3-7-14-23/h2-7,10-14,16,18,21H,8-9,15,17,19-20H2,1H3/t21-/m0/s1. The first-order valence-electron chi connectivity index (χ1n) is 10.8. The highest BCUT2D eigenvalue weighted by Crippen LogP contribution is 2.30. The lowest BCUT2D eigenvalue weighted by molar-refractivity contribution is -0.139. The highest BCUT2D eigenvalue weighted by Gasteiger charge is 2.24. The van der Waals surface area contributed by atoms with E-state index in [2.05, 4.69) is 30.3 Å². The molecule has 0 aliphatic heterocycles. The second-order valence-corrected chi connectivity index (χ2v) is 8.03. The van der Waals surface area contributed by atoms with Gasteiger partial charge >= 0.3 is 0 Å². The summed E-state index contributed by atoms with van der Waals surface area (Å²) in [6.45, 7) is 3.00. The molecule has 0 aromatic heterocycles. The summed E-state index contributed by atoms with van der Waals surface area (Å²) in [6.07, 6.45) is 4.01. The molecule has 3 aromatic rings. The lowest BCUT2D eigenvalue weighted by Gasteiger charge is -2.28. The molecule has 0 fully saturated rings. The zero-order valence-corrected chi connectivity index (χ0v) is 17.6. The van der Waals surface area contributed by atoms with Crippen LogP contribution in [0.3, 0.4) is 0 Å². The molecule has 1 aliphatic rings. The highest BCUT2D eigenvalue weighted by atomic mass is 16.5. The molecule has 0 N–H and O–H groups in total. The van der Waals surface area contributed by atoms with Crippen LogP contribution in [0.5, 0.6) is 5.75 Å². The molecule has 0 saturated carbocycles. The molecule has 0 spiro atoms. The van der Waals surface area contributed by atoms with E-state index in [9.17, 15) is 4.79 Å². The van der Waals surface area contributed by atoms with Crippen molar-refractivity contribution < 1.29 is 9.53 Å². The van der Waals surface area contributed by atoms with Crippen LogP contribution in [-0.4, -0.2) is 16.9 Å². The van der Waals surface area contributed by atoms with Crippen LogP contribution in [0.25, 0.3) is 0 Å². The van der Waals surface area contributed by atoms with Gasteiger partial charge in [0.1, 0.15) is 5.75 Å². The molecule has 3 aromatic carbocycles. The summed E-state index contributed by atoms with van der Waals surface area (Å²) in [5.41, 5.74) is 4.88. The van der Waals surface area contributed by atoms with Gasteiger partial charge in [0.15, 0.2) is 6.10 Å². The fraction of sp³-hybridized carbons (Fsp3) is 0.296. The second kappa shape index (κ2) is 9.62. The smallest absolute Gasteiger partial charge is 0.263 e. The molecule has 3 nitrogen and oxygen atoms in total. The molecular weight excluding hydrogens is 370 g/mol. The number of aryl methyl sites for hydroxylation is 1. The third-order valence-electron chi connectivity index (χ3n) is 5.75. The SMILES string of the molecule is C[C@H](Oc1cccc2c1CCCC2)C(=O)N(Cc1ccccc1)Cc1ccccc1. The molecule has 0 bridgehead atoms. The van der Waals surface area contributed by atoms with Crippen LogP contribution in [0.1, 0.15) is 42.0 Å². The number of carbonyl (C=O) groups is 1. The Kier molecular flexibility index (Phi) is 6.48. The fourth-order valence-corrected chi connectivity index (χ4v) is 4.17. The maximum atomic E-state index is 13.4. The topological polar surface area (TPSA) is 29.5 Å². The monoisotopic (exact) mass is 399 g/mol. The first-order chi connectivity index (χ1) is 14.7. The van der Waals surface area contributed by atoms with Crippen LogP contribution >= 0.6 is 0 Å². The average Bonchev–Trinajstić information content (AvgIpc) is 2.80. The second-order valence-electron chi connectivity index (χ2n) is 8.03. The number of carbonyl (C=O) groups excluding carboxylic acids is 1. The Balaban J connectivity index is 1.53. The third kappa shape index (κ3) is 4.91. The highest BCUT2D eigenvalue weighted by molar-refractivity contribution is 5.81. The number of nitrogens with zero attached hydrogens (tertiary/aromatic N) is 1. The van der Waals surface area contributed by atoms with E-state index in [0.717, 1.165) is 29.7 Å². The molecule has 154 valence electrons. The molecule has 0 saturated heterocycles. The minimum absolute atomic E-state index is 0.0103. The minimum Gasteiger partial charge on any atom is -0.481 e. The zero-order valence-electron chi connectivity index (χ0n) is 17.6. The summed E-state index contributed by atoms with van der Waals surface area (Å²) in [5.74, 6) is 0.878. The lowest BCUT2D eigenvalue weighted by atomic mass is 9.91. The van der Waals surface area contributed by atoms with Crippen LogP contribution in [0.15, 0.2) is 78.9 Å². The van der Waals surface area contributed by atoms with Crippen molar-refractivity contribution in [1.82, 2.24) is 4.90 Å². The Morgan fingerprint density at radius 3 is 2.07 bits per heavy atom. The van der Waals surface area contributed by atoms with E-state index in [1.54, 1.807) is 0 Å². The molecule has 30 heavy (non-hydrogen) atoms. The van der Waals surface area contributed by atoms with Gasteiger partial charge in [-0.25, -0.2) is 0 Å². The minimum atomic E-state index is -0.536. The number of ether oxygens (including phenoxy) is 1. The summed E-state index contributed by atoms with van der Waals surface area (Å²) < 4.78 is 6.24. The van der Waals surface area contributed by atoms with E-state index >= 15 is 0 Å². The molecular formula is C27H29NO2. The van der Waals surface area contributed by atoms with E-state index < -0.39 is 6.10 Å². The first-order valence-corrected chi connectivity index (χ1v) is 10.8. The summed E-state index contributed by atoms with van der Waals surface area (Å²) >= 11 is 0.